The first kappa shape index (κ1) is 59.5. The maximum atomic E-state index is 12.5. The van der Waals surface area contributed by atoms with Gasteiger partial charge in [-0.05, 0) is 127 Å². The number of aromatic carboxylic acids is 2. The van der Waals surface area contributed by atoms with Crippen LogP contribution < -0.4 is 0 Å². The summed E-state index contributed by atoms with van der Waals surface area (Å²) in [7, 11) is -1.87. The van der Waals surface area contributed by atoms with E-state index >= 15 is 0 Å². The number of unbranched alkanes of at least 4 members (excludes halogenated alkanes) is 16. The summed E-state index contributed by atoms with van der Waals surface area (Å²) in [4.78, 5) is 22.4. The predicted octanol–water partition coefficient (Wildman–Crippen LogP) is 15.4. The molecule has 0 atom stereocenters. The second kappa shape index (κ2) is 38.9. The third-order valence-electron chi connectivity index (χ3n) is 12.5. The average molecular weight is 887 g/mol. The Hall–Kier alpha value is -2.55. The van der Waals surface area contributed by atoms with Gasteiger partial charge in [-0.2, -0.15) is 0 Å². The van der Waals surface area contributed by atoms with E-state index in [1.807, 2.05) is 0 Å². The van der Waals surface area contributed by atoms with Crippen molar-refractivity contribution < 1.29 is 33.0 Å². The number of hydrogen-bond acceptors (Lipinski definition) is 3. The molecule has 0 aromatic heterocycles. The highest BCUT2D eigenvalue weighted by Gasteiger charge is 2.27. The van der Waals surface area contributed by atoms with Crippen LogP contribution in [0, 0.1) is 0 Å². The molecule has 7 nitrogen and oxygen atoms in total. The number of nitrogens with zero attached hydrogens (tertiary/aromatic N) is 2. The van der Waals surface area contributed by atoms with Gasteiger partial charge in [0.2, 0.25) is 0 Å². The van der Waals surface area contributed by atoms with Gasteiger partial charge in [0.15, 0.2) is 0 Å². The summed E-state index contributed by atoms with van der Waals surface area (Å²) in [6.07, 6.45) is 33.8. The van der Waals surface area contributed by atoms with Crippen molar-refractivity contribution >= 4 is 22.7 Å². The smallest absolute Gasteiger partial charge is 0.336 e. The third kappa shape index (κ3) is 26.3. The van der Waals surface area contributed by atoms with Gasteiger partial charge in [-0.3, -0.25) is 0 Å². The molecule has 0 amide bonds. The lowest BCUT2D eigenvalue weighted by molar-refractivity contribution is -0.929. The van der Waals surface area contributed by atoms with Crippen LogP contribution in [-0.4, -0.2) is 87.7 Å². The van der Waals surface area contributed by atoms with Gasteiger partial charge >= 0.3 is 11.9 Å². The largest absolute Gasteiger partial charge is 0.478 e. The first-order valence-corrected chi connectivity index (χ1v) is 26.9. The standard InChI is InChI=1S/2C20H44N.C14H10O5S/c2*1-5-9-13-17-21(18-14-10-6-2,19-15-11-7-3)20-16-12-8-4;15-13(16)9-5-1-3-7-11(9)20(19)12-8-4-2-6-10(12)14(17)18/h2*5-20H2,1-4H3;1-8H,(H,15,16)(H,17,18)/q2*+1;. The summed E-state index contributed by atoms with van der Waals surface area (Å²) in [6.45, 7) is 30.3. The van der Waals surface area contributed by atoms with E-state index in [9.17, 15) is 13.8 Å². The molecule has 2 rings (SSSR count). The van der Waals surface area contributed by atoms with Crippen molar-refractivity contribution in [3.8, 4) is 0 Å². The average Bonchev–Trinajstić information content (AvgIpc) is 3.27. The zero-order chi connectivity index (χ0) is 46.3. The second-order valence-electron chi connectivity index (χ2n) is 18.0. The molecule has 0 radical (unpaired) electrons. The Bertz CT molecular complexity index is 1220. The lowest BCUT2D eigenvalue weighted by Crippen LogP contribution is -2.50. The fourth-order valence-electron chi connectivity index (χ4n) is 8.65. The van der Waals surface area contributed by atoms with Crippen LogP contribution in [0.2, 0.25) is 0 Å². The molecule has 0 unspecified atom stereocenters. The van der Waals surface area contributed by atoms with E-state index in [2.05, 4.69) is 55.4 Å². The van der Waals surface area contributed by atoms with E-state index in [4.69, 9.17) is 10.2 Å². The van der Waals surface area contributed by atoms with Crippen LogP contribution in [-0.2, 0) is 10.8 Å². The van der Waals surface area contributed by atoms with Gasteiger partial charge in [0, 0.05) is 0 Å². The van der Waals surface area contributed by atoms with Crippen molar-refractivity contribution in [1.82, 2.24) is 0 Å². The van der Waals surface area contributed by atoms with Crippen molar-refractivity contribution in [2.24, 2.45) is 0 Å². The molecule has 0 saturated heterocycles. The maximum absolute atomic E-state index is 12.5. The Kier molecular flexibility index (Phi) is 37.3. The SMILES string of the molecule is CCCCC[N+](CCCCC)(CCCCC)CCCCC.CCCCC[N+](CCCCC)(CCCCC)CCCCC.O=C(O)c1ccccc1S(=O)c1ccccc1C(=O)O. The summed E-state index contributed by atoms with van der Waals surface area (Å²) in [5, 5.41) is 18.2. The number of quaternary nitrogens is 2. The Morgan fingerprint density at radius 1 is 0.371 bits per heavy atom. The van der Waals surface area contributed by atoms with Crippen molar-refractivity contribution in [2.45, 2.75) is 219 Å². The highest BCUT2D eigenvalue weighted by molar-refractivity contribution is 7.85. The van der Waals surface area contributed by atoms with Crippen LogP contribution in [0.4, 0.5) is 0 Å². The lowest BCUT2D eigenvalue weighted by atomic mass is 10.1. The molecule has 0 aliphatic heterocycles. The van der Waals surface area contributed by atoms with Crippen molar-refractivity contribution in [3.63, 3.8) is 0 Å². The molecule has 0 heterocycles. The second-order valence-corrected chi connectivity index (χ2v) is 19.4. The monoisotopic (exact) mass is 887 g/mol. The molecule has 0 fully saturated rings. The molecule has 0 aliphatic rings. The van der Waals surface area contributed by atoms with Gasteiger partial charge in [-0.1, -0.05) is 131 Å². The Morgan fingerprint density at radius 3 is 0.742 bits per heavy atom. The van der Waals surface area contributed by atoms with Gasteiger partial charge in [0.25, 0.3) is 0 Å². The number of carbonyl (C=O) groups is 2. The molecule has 8 heteroatoms. The number of hydrogen-bond donors (Lipinski definition) is 2. The fourth-order valence-corrected chi connectivity index (χ4v) is 10.00. The topological polar surface area (TPSA) is 91.7 Å². The van der Waals surface area contributed by atoms with Gasteiger partial charge in [0.1, 0.15) is 0 Å². The van der Waals surface area contributed by atoms with Gasteiger partial charge < -0.3 is 19.2 Å². The quantitative estimate of drug-likeness (QED) is 0.0525. The van der Waals surface area contributed by atoms with Crippen molar-refractivity contribution in [2.75, 3.05) is 52.4 Å². The zero-order valence-electron chi connectivity index (χ0n) is 41.7. The number of rotatable bonds is 36. The molecule has 0 saturated carbocycles. The molecule has 0 bridgehead atoms. The Morgan fingerprint density at radius 2 is 0.565 bits per heavy atom. The molecule has 358 valence electrons. The summed E-state index contributed by atoms with van der Waals surface area (Å²) >= 11 is 0. The third-order valence-corrected chi connectivity index (χ3v) is 14.0. The molecule has 2 N–H and O–H groups in total. The van der Waals surface area contributed by atoms with Crippen LogP contribution in [0.1, 0.15) is 230 Å². The van der Waals surface area contributed by atoms with Gasteiger partial charge in [-0.25, -0.2) is 13.8 Å². The first-order valence-electron chi connectivity index (χ1n) is 25.8. The minimum Gasteiger partial charge on any atom is -0.478 e. The minimum atomic E-state index is -1.87. The van der Waals surface area contributed by atoms with E-state index in [1.165, 1.54) is 252 Å². The molecule has 2 aromatic carbocycles. The van der Waals surface area contributed by atoms with E-state index in [1.54, 1.807) is 12.1 Å². The molecule has 0 aliphatic carbocycles. The predicted molar refractivity (Wildman–Crippen MR) is 267 cm³/mol. The van der Waals surface area contributed by atoms with E-state index in [0.717, 1.165) is 0 Å². The number of carboxylic acid groups (broad SMARTS) is 2. The molecule has 0 spiro atoms. The summed E-state index contributed by atoms with van der Waals surface area (Å²) in [5.74, 6) is -2.41. The summed E-state index contributed by atoms with van der Waals surface area (Å²) in [5.41, 5.74) is -0.211. The van der Waals surface area contributed by atoms with Crippen LogP contribution in [0.3, 0.4) is 0 Å². The minimum absolute atomic E-state index is 0.0775. The highest BCUT2D eigenvalue weighted by atomic mass is 32.2. The maximum Gasteiger partial charge on any atom is 0.336 e. The Labute approximate surface area is 385 Å². The van der Waals surface area contributed by atoms with Crippen molar-refractivity contribution in [1.29, 1.82) is 0 Å². The van der Waals surface area contributed by atoms with Gasteiger partial charge in [-0.15, -0.1) is 0 Å². The van der Waals surface area contributed by atoms with Crippen LogP contribution in [0.5, 0.6) is 0 Å². The van der Waals surface area contributed by atoms with Crippen LogP contribution in [0.15, 0.2) is 58.3 Å². The molecular formula is C54H98N2O5S+2. The van der Waals surface area contributed by atoms with Crippen LogP contribution in [0.25, 0.3) is 0 Å². The first-order chi connectivity index (χ1) is 30.0. The zero-order valence-corrected chi connectivity index (χ0v) is 42.5. The molecule has 2 aromatic rings. The van der Waals surface area contributed by atoms with Crippen LogP contribution >= 0.6 is 0 Å². The van der Waals surface area contributed by atoms with Crippen molar-refractivity contribution in [3.05, 3.63) is 59.7 Å². The summed E-state index contributed by atoms with van der Waals surface area (Å²) in [6, 6.07) is 11.7. The van der Waals surface area contributed by atoms with E-state index in [-0.39, 0.29) is 20.9 Å². The highest BCUT2D eigenvalue weighted by Crippen LogP contribution is 2.24. The lowest BCUT2D eigenvalue weighted by Gasteiger charge is -2.39. The van der Waals surface area contributed by atoms with E-state index in [0.29, 0.717) is 0 Å². The van der Waals surface area contributed by atoms with E-state index < -0.39 is 22.7 Å². The van der Waals surface area contributed by atoms with Gasteiger partial charge in [0.05, 0.1) is 84.1 Å². The normalized spacial score (nSPS) is 11.5. The number of carboxylic acids is 2. The summed E-state index contributed by atoms with van der Waals surface area (Å²) < 4.78 is 15.4. The number of benzene rings is 2. The Balaban J connectivity index is 0.000000900. The fraction of sp³-hybridized carbons (Fsp3) is 0.741. The molecule has 62 heavy (non-hydrogen) atoms. The molecular weight excluding hydrogens is 789 g/mol.